The summed E-state index contributed by atoms with van der Waals surface area (Å²) in [6, 6.07) is 10.8. The summed E-state index contributed by atoms with van der Waals surface area (Å²) in [6.45, 7) is 0. The highest BCUT2D eigenvalue weighted by Crippen LogP contribution is 2.39. The van der Waals surface area contributed by atoms with Crippen LogP contribution in [0.1, 0.15) is 0 Å². The van der Waals surface area contributed by atoms with Gasteiger partial charge in [0.1, 0.15) is 22.7 Å². The highest BCUT2D eigenvalue weighted by Gasteiger charge is 2.13. The van der Waals surface area contributed by atoms with Gasteiger partial charge in [0.05, 0.1) is 17.9 Å². The summed E-state index contributed by atoms with van der Waals surface area (Å²) in [7, 11) is 1.60. The summed E-state index contributed by atoms with van der Waals surface area (Å²) in [5.41, 5.74) is 1.38. The van der Waals surface area contributed by atoms with Gasteiger partial charge in [0, 0.05) is 0 Å². The maximum atomic E-state index is 9.86. The van der Waals surface area contributed by atoms with Crippen LogP contribution in [0.2, 0.25) is 0 Å². The molecule has 3 nitrogen and oxygen atoms in total. The molecule has 0 unspecified atom stereocenters. The van der Waals surface area contributed by atoms with Crippen LogP contribution in [0.25, 0.3) is 21.9 Å². The van der Waals surface area contributed by atoms with E-state index in [2.05, 4.69) is 0 Å². The van der Waals surface area contributed by atoms with Gasteiger partial charge in [0.25, 0.3) is 0 Å². The molecule has 0 bridgehead atoms. The lowest BCUT2D eigenvalue weighted by atomic mass is 10.1. The number of phenols is 1. The van der Waals surface area contributed by atoms with Crippen molar-refractivity contribution in [2.24, 2.45) is 0 Å². The molecule has 80 valence electrons. The van der Waals surface area contributed by atoms with Gasteiger partial charge in [0.15, 0.2) is 0 Å². The van der Waals surface area contributed by atoms with Crippen molar-refractivity contribution in [3.8, 4) is 11.5 Å². The van der Waals surface area contributed by atoms with E-state index >= 15 is 0 Å². The van der Waals surface area contributed by atoms with E-state index in [1.165, 1.54) is 0 Å². The number of methoxy groups -OCH3 is 1. The first kappa shape index (κ1) is 9.09. The van der Waals surface area contributed by atoms with E-state index in [9.17, 15) is 5.11 Å². The molecule has 0 aliphatic carbocycles. The van der Waals surface area contributed by atoms with Crippen molar-refractivity contribution in [3.63, 3.8) is 0 Å². The Morgan fingerprint density at radius 1 is 1.00 bits per heavy atom. The molecule has 0 saturated carbocycles. The zero-order valence-electron chi connectivity index (χ0n) is 8.73. The molecule has 0 amide bonds. The topological polar surface area (TPSA) is 42.6 Å². The number of fused-ring (bicyclic) bond motifs is 3. The van der Waals surface area contributed by atoms with Crippen molar-refractivity contribution in [1.82, 2.24) is 0 Å². The number of aromatic hydroxyl groups is 1. The Bertz CT molecular complexity index is 667. The summed E-state index contributed by atoms with van der Waals surface area (Å²) < 4.78 is 10.9. The summed E-state index contributed by atoms with van der Waals surface area (Å²) in [4.78, 5) is 0. The van der Waals surface area contributed by atoms with Crippen molar-refractivity contribution in [2.75, 3.05) is 7.11 Å². The van der Waals surface area contributed by atoms with Crippen LogP contribution in [0, 0.1) is 0 Å². The summed E-state index contributed by atoms with van der Waals surface area (Å²) in [5.74, 6) is 0.915. The van der Waals surface area contributed by atoms with Crippen LogP contribution in [0.4, 0.5) is 0 Å². The van der Waals surface area contributed by atoms with Crippen LogP contribution in [0.3, 0.4) is 0 Å². The molecule has 3 aromatic rings. The molecule has 1 heterocycles. The van der Waals surface area contributed by atoms with Crippen LogP contribution in [-0.2, 0) is 0 Å². The van der Waals surface area contributed by atoms with Gasteiger partial charge in [-0.15, -0.1) is 0 Å². The molecule has 16 heavy (non-hydrogen) atoms. The lowest BCUT2D eigenvalue weighted by Gasteiger charge is -2.00. The Balaban J connectivity index is 2.60. The van der Waals surface area contributed by atoms with E-state index in [0.29, 0.717) is 16.7 Å². The van der Waals surface area contributed by atoms with Crippen molar-refractivity contribution in [1.29, 1.82) is 0 Å². The largest absolute Gasteiger partial charge is 0.507 e. The molecule has 0 radical (unpaired) electrons. The molecular formula is C13H10O3. The fourth-order valence-corrected chi connectivity index (χ4v) is 1.99. The number of rotatable bonds is 1. The van der Waals surface area contributed by atoms with Gasteiger partial charge in [-0.3, -0.25) is 0 Å². The van der Waals surface area contributed by atoms with Crippen LogP contribution in [0.5, 0.6) is 11.5 Å². The zero-order valence-corrected chi connectivity index (χ0v) is 8.73. The molecule has 3 rings (SSSR count). The quantitative estimate of drug-likeness (QED) is 0.675. The minimum absolute atomic E-state index is 0.209. The third kappa shape index (κ3) is 1.08. The SMILES string of the molecule is COc1cccc2oc3cccc(O)c3c12. The first-order valence-corrected chi connectivity index (χ1v) is 4.98. The summed E-state index contributed by atoms with van der Waals surface area (Å²) in [6.07, 6.45) is 0. The molecular weight excluding hydrogens is 204 g/mol. The first-order chi connectivity index (χ1) is 7.81. The molecule has 1 aromatic heterocycles. The maximum absolute atomic E-state index is 9.86. The van der Waals surface area contributed by atoms with E-state index < -0.39 is 0 Å². The van der Waals surface area contributed by atoms with Crippen LogP contribution in [-0.4, -0.2) is 12.2 Å². The van der Waals surface area contributed by atoms with Gasteiger partial charge < -0.3 is 14.3 Å². The van der Waals surface area contributed by atoms with Gasteiger partial charge in [-0.05, 0) is 24.3 Å². The number of hydrogen-bond donors (Lipinski definition) is 1. The van der Waals surface area contributed by atoms with E-state index in [0.717, 1.165) is 11.0 Å². The monoisotopic (exact) mass is 214 g/mol. The Kier molecular flexibility index (Phi) is 1.80. The van der Waals surface area contributed by atoms with E-state index in [-0.39, 0.29) is 5.75 Å². The fourth-order valence-electron chi connectivity index (χ4n) is 1.99. The van der Waals surface area contributed by atoms with Gasteiger partial charge in [0.2, 0.25) is 0 Å². The second kappa shape index (κ2) is 3.17. The summed E-state index contributed by atoms with van der Waals surface area (Å²) in [5, 5.41) is 11.4. The summed E-state index contributed by atoms with van der Waals surface area (Å²) >= 11 is 0. The van der Waals surface area contributed by atoms with Crippen molar-refractivity contribution < 1.29 is 14.3 Å². The number of phenolic OH excluding ortho intramolecular Hbond substituents is 1. The van der Waals surface area contributed by atoms with Crippen LogP contribution < -0.4 is 4.74 Å². The molecule has 0 aliphatic rings. The molecule has 0 atom stereocenters. The second-order valence-electron chi connectivity index (χ2n) is 3.59. The molecule has 0 saturated heterocycles. The minimum atomic E-state index is 0.209. The number of benzene rings is 2. The van der Waals surface area contributed by atoms with Gasteiger partial charge in [-0.2, -0.15) is 0 Å². The van der Waals surface area contributed by atoms with E-state index in [4.69, 9.17) is 9.15 Å². The van der Waals surface area contributed by atoms with Crippen molar-refractivity contribution in [2.45, 2.75) is 0 Å². The minimum Gasteiger partial charge on any atom is -0.507 e. The smallest absolute Gasteiger partial charge is 0.139 e. The fraction of sp³-hybridized carbons (Fsp3) is 0.0769. The lowest BCUT2D eigenvalue weighted by molar-refractivity contribution is 0.419. The second-order valence-corrected chi connectivity index (χ2v) is 3.59. The average molecular weight is 214 g/mol. The predicted octanol–water partition coefficient (Wildman–Crippen LogP) is 3.30. The van der Waals surface area contributed by atoms with Gasteiger partial charge in [-0.25, -0.2) is 0 Å². The number of hydrogen-bond acceptors (Lipinski definition) is 3. The maximum Gasteiger partial charge on any atom is 0.139 e. The third-order valence-corrected chi connectivity index (χ3v) is 2.68. The average Bonchev–Trinajstić information content (AvgIpc) is 2.68. The van der Waals surface area contributed by atoms with E-state index in [1.807, 2.05) is 24.3 Å². The van der Waals surface area contributed by atoms with Crippen LogP contribution >= 0.6 is 0 Å². The highest BCUT2D eigenvalue weighted by molar-refractivity contribution is 6.11. The Morgan fingerprint density at radius 2 is 1.69 bits per heavy atom. The molecule has 0 spiro atoms. The predicted molar refractivity (Wildman–Crippen MR) is 61.9 cm³/mol. The number of ether oxygens (including phenoxy) is 1. The third-order valence-electron chi connectivity index (χ3n) is 2.68. The van der Waals surface area contributed by atoms with Crippen molar-refractivity contribution >= 4 is 21.9 Å². The molecule has 3 heteroatoms. The standard InChI is InChI=1S/C13H10O3/c1-15-9-5-3-7-11-13(9)12-8(14)4-2-6-10(12)16-11/h2-7,14H,1H3. The number of furan rings is 1. The first-order valence-electron chi connectivity index (χ1n) is 4.98. The van der Waals surface area contributed by atoms with Gasteiger partial charge in [-0.1, -0.05) is 12.1 Å². The Morgan fingerprint density at radius 3 is 2.44 bits per heavy atom. The normalized spacial score (nSPS) is 11.1. The lowest BCUT2D eigenvalue weighted by Crippen LogP contribution is -1.82. The highest BCUT2D eigenvalue weighted by atomic mass is 16.5. The Hall–Kier alpha value is -2.16. The molecule has 0 fully saturated rings. The van der Waals surface area contributed by atoms with Gasteiger partial charge >= 0.3 is 0 Å². The van der Waals surface area contributed by atoms with E-state index in [1.54, 1.807) is 19.2 Å². The molecule has 0 aliphatic heterocycles. The molecule has 1 N–H and O–H groups in total. The van der Waals surface area contributed by atoms with Crippen molar-refractivity contribution in [3.05, 3.63) is 36.4 Å². The zero-order chi connectivity index (χ0) is 11.1. The van der Waals surface area contributed by atoms with Crippen LogP contribution in [0.15, 0.2) is 40.8 Å². The Labute approximate surface area is 91.9 Å². The molecule has 2 aromatic carbocycles.